The maximum absolute atomic E-state index is 10.2. The van der Waals surface area contributed by atoms with Gasteiger partial charge in [0.05, 0.1) is 0 Å². The van der Waals surface area contributed by atoms with Gasteiger partial charge in [-0.2, -0.15) is 0 Å². The molecule has 21 heavy (non-hydrogen) atoms. The largest absolute Gasteiger partial charge is 0.311 e. The minimum atomic E-state index is -2.31. The van der Waals surface area contributed by atoms with E-state index in [0.717, 1.165) is 0 Å². The minimum absolute atomic E-state index is 1.03. The first-order chi connectivity index (χ1) is 9.67. The summed E-state index contributed by atoms with van der Waals surface area (Å²) in [4.78, 5) is 51.1. The van der Waals surface area contributed by atoms with Gasteiger partial charge in [-0.3, -0.25) is 10.1 Å². The molecular formula is C5H8N4O12. The summed E-state index contributed by atoms with van der Waals surface area (Å²) >= 11 is 0. The van der Waals surface area contributed by atoms with Crippen LogP contribution < -0.4 is 0 Å². The van der Waals surface area contributed by atoms with Crippen LogP contribution in [0.5, 0.6) is 0 Å². The molecule has 0 N–H and O–H groups in total. The van der Waals surface area contributed by atoms with Crippen molar-refractivity contribution in [3.05, 3.63) is 40.5 Å². The summed E-state index contributed by atoms with van der Waals surface area (Å²) in [6.07, 6.45) is 0. The van der Waals surface area contributed by atoms with E-state index < -0.39 is 52.3 Å². The van der Waals surface area contributed by atoms with Crippen molar-refractivity contribution < 1.29 is 39.4 Å². The standard InChI is InChI=1S/C5H8N4O12/c10-6(11)4-18-5(1-19-7(12)13,2-20-8(14)15)3-21-9(16)17/h1-4H2. The molecule has 0 spiro atoms. The molecule has 0 bridgehead atoms. The van der Waals surface area contributed by atoms with E-state index in [1.807, 2.05) is 0 Å². The molecule has 120 valence electrons. The molecule has 0 atom stereocenters. The second-order valence-corrected chi connectivity index (χ2v) is 3.28. The van der Waals surface area contributed by atoms with Gasteiger partial charge < -0.3 is 19.2 Å². The average molecular weight is 316 g/mol. The van der Waals surface area contributed by atoms with Crippen LogP contribution in [0, 0.1) is 40.5 Å². The third-order valence-electron chi connectivity index (χ3n) is 1.78. The Hall–Kier alpha value is -3.04. The zero-order chi connectivity index (χ0) is 16.5. The van der Waals surface area contributed by atoms with Crippen molar-refractivity contribution >= 4 is 0 Å². The van der Waals surface area contributed by atoms with E-state index in [4.69, 9.17) is 0 Å². The normalized spacial score (nSPS) is 10.5. The number of nitro groups is 1. The SMILES string of the molecule is O=[N+]([O-])COC(CO[N+](=O)[O-])(CO[N+](=O)[O-])CO[N+](=O)[O-]. The Morgan fingerprint density at radius 2 is 1.05 bits per heavy atom. The number of rotatable bonds is 12. The Bertz CT molecular complexity index is 333. The van der Waals surface area contributed by atoms with Gasteiger partial charge in [-0.25, -0.2) is 0 Å². The predicted molar refractivity (Wildman–Crippen MR) is 54.5 cm³/mol. The lowest BCUT2D eigenvalue weighted by Crippen LogP contribution is -2.49. The minimum Gasteiger partial charge on any atom is -0.311 e. The summed E-state index contributed by atoms with van der Waals surface area (Å²) in [5.41, 5.74) is -2.31. The molecule has 16 nitrogen and oxygen atoms in total. The van der Waals surface area contributed by atoms with Crippen molar-refractivity contribution in [2.75, 3.05) is 26.6 Å². The Kier molecular flexibility index (Phi) is 7.01. The second kappa shape index (κ2) is 8.19. The van der Waals surface area contributed by atoms with E-state index >= 15 is 0 Å². The lowest BCUT2D eigenvalue weighted by Gasteiger charge is -2.28. The molecule has 0 amide bonds. The molecule has 0 aromatic rings. The van der Waals surface area contributed by atoms with Crippen molar-refractivity contribution in [3.63, 3.8) is 0 Å². The monoisotopic (exact) mass is 316 g/mol. The zero-order valence-corrected chi connectivity index (χ0v) is 10.0. The first kappa shape index (κ1) is 18.0. The van der Waals surface area contributed by atoms with Crippen LogP contribution in [0.1, 0.15) is 0 Å². The van der Waals surface area contributed by atoms with Gasteiger partial charge in [0.2, 0.25) is 0 Å². The van der Waals surface area contributed by atoms with E-state index in [-0.39, 0.29) is 0 Å². The highest BCUT2D eigenvalue weighted by Crippen LogP contribution is 2.15. The number of hydrogen-bond donors (Lipinski definition) is 0. The fourth-order valence-corrected chi connectivity index (χ4v) is 0.951. The third-order valence-corrected chi connectivity index (χ3v) is 1.78. The molecule has 0 heterocycles. The quantitative estimate of drug-likeness (QED) is 0.231. The van der Waals surface area contributed by atoms with Crippen LogP contribution in [-0.2, 0) is 19.2 Å². The van der Waals surface area contributed by atoms with Gasteiger partial charge in [-0.15, -0.1) is 30.3 Å². The van der Waals surface area contributed by atoms with Crippen molar-refractivity contribution in [3.8, 4) is 0 Å². The maximum atomic E-state index is 10.2. The van der Waals surface area contributed by atoms with Crippen molar-refractivity contribution in [2.45, 2.75) is 5.60 Å². The Morgan fingerprint density at radius 3 is 1.29 bits per heavy atom. The third kappa shape index (κ3) is 8.64. The molecule has 0 aliphatic rings. The highest BCUT2D eigenvalue weighted by atomic mass is 17.0. The van der Waals surface area contributed by atoms with Gasteiger partial charge in [-0.1, -0.05) is 0 Å². The van der Waals surface area contributed by atoms with Crippen LogP contribution in [0.3, 0.4) is 0 Å². The Labute approximate surface area is 113 Å². The molecule has 0 aliphatic heterocycles. The highest BCUT2D eigenvalue weighted by molar-refractivity contribution is 4.79. The van der Waals surface area contributed by atoms with Crippen LogP contribution in [0.2, 0.25) is 0 Å². The van der Waals surface area contributed by atoms with Gasteiger partial charge in [0.1, 0.15) is 25.4 Å². The summed E-state index contributed by atoms with van der Waals surface area (Å²) in [6, 6.07) is 0. The second-order valence-electron chi connectivity index (χ2n) is 3.28. The van der Waals surface area contributed by atoms with Crippen LogP contribution in [0.15, 0.2) is 0 Å². The lowest BCUT2D eigenvalue weighted by molar-refractivity contribution is -0.784. The molecule has 0 aromatic heterocycles. The molecule has 0 aromatic carbocycles. The average Bonchev–Trinajstić information content (AvgIpc) is 2.36. The van der Waals surface area contributed by atoms with Gasteiger partial charge in [0.25, 0.3) is 15.3 Å². The van der Waals surface area contributed by atoms with E-state index in [0.29, 0.717) is 0 Å². The number of nitrogens with zero attached hydrogens (tertiary/aromatic N) is 4. The fraction of sp³-hybridized carbons (Fsp3) is 1.00. The number of ether oxygens (including phenoxy) is 1. The van der Waals surface area contributed by atoms with E-state index in [1.54, 1.807) is 0 Å². The maximum Gasteiger partial charge on any atom is 0.306 e. The van der Waals surface area contributed by atoms with Crippen molar-refractivity contribution in [2.24, 2.45) is 0 Å². The summed E-state index contributed by atoms with van der Waals surface area (Å²) in [5, 5.41) is 36.5. The molecule has 0 saturated heterocycles. The highest BCUT2D eigenvalue weighted by Gasteiger charge is 2.38. The summed E-state index contributed by atoms with van der Waals surface area (Å²) in [7, 11) is 0. The van der Waals surface area contributed by atoms with Crippen LogP contribution >= 0.6 is 0 Å². The lowest BCUT2D eigenvalue weighted by atomic mass is 10.1. The summed E-state index contributed by atoms with van der Waals surface area (Å²) < 4.78 is 4.56. The first-order valence-electron chi connectivity index (χ1n) is 4.74. The van der Waals surface area contributed by atoms with Crippen LogP contribution in [0.4, 0.5) is 0 Å². The number of hydrogen-bond acceptors (Lipinski definition) is 12. The van der Waals surface area contributed by atoms with E-state index in [9.17, 15) is 40.5 Å². The van der Waals surface area contributed by atoms with Crippen LogP contribution in [0.25, 0.3) is 0 Å². The Balaban J connectivity index is 5.02. The Morgan fingerprint density at radius 1 is 0.714 bits per heavy atom. The van der Waals surface area contributed by atoms with Gasteiger partial charge in [-0.05, 0) is 0 Å². The van der Waals surface area contributed by atoms with Gasteiger partial charge in [0, 0.05) is 4.92 Å². The molecule has 0 saturated carbocycles. The summed E-state index contributed by atoms with van der Waals surface area (Å²) in [6.45, 7) is -4.66. The van der Waals surface area contributed by atoms with Crippen molar-refractivity contribution in [1.29, 1.82) is 0 Å². The molecule has 0 fully saturated rings. The molecule has 0 rings (SSSR count). The molecule has 0 aliphatic carbocycles. The van der Waals surface area contributed by atoms with E-state index in [2.05, 4.69) is 19.2 Å². The van der Waals surface area contributed by atoms with Gasteiger partial charge in [0.15, 0.2) is 0 Å². The van der Waals surface area contributed by atoms with Crippen molar-refractivity contribution in [1.82, 2.24) is 0 Å². The summed E-state index contributed by atoms with van der Waals surface area (Å²) in [5.74, 6) is 0. The zero-order valence-electron chi connectivity index (χ0n) is 10.0. The molecule has 16 heteroatoms. The molecule has 0 radical (unpaired) electrons. The fourth-order valence-electron chi connectivity index (χ4n) is 0.951. The predicted octanol–water partition coefficient (Wildman–Crippen LogP) is -1.40. The topological polar surface area (TPSA) is 209 Å². The smallest absolute Gasteiger partial charge is 0.306 e. The molecular weight excluding hydrogens is 308 g/mol. The van der Waals surface area contributed by atoms with E-state index in [1.165, 1.54) is 0 Å². The van der Waals surface area contributed by atoms with Gasteiger partial charge >= 0.3 is 6.73 Å². The molecule has 0 unspecified atom stereocenters. The first-order valence-corrected chi connectivity index (χ1v) is 4.74. The van der Waals surface area contributed by atoms with Crippen LogP contribution in [-0.4, -0.2) is 52.3 Å².